The minimum atomic E-state index is -0.653. The van der Waals surface area contributed by atoms with Crippen molar-refractivity contribution in [2.45, 2.75) is 37.9 Å². The molecule has 2 saturated heterocycles. The molecule has 0 spiro atoms. The van der Waals surface area contributed by atoms with Gasteiger partial charge < -0.3 is 5.11 Å². The van der Waals surface area contributed by atoms with E-state index in [2.05, 4.69) is 41.7 Å². The van der Waals surface area contributed by atoms with E-state index in [0.717, 1.165) is 40.4 Å². The molecular weight excluding hydrogens is 376 g/mol. The van der Waals surface area contributed by atoms with Crippen LogP contribution < -0.4 is 0 Å². The highest BCUT2D eigenvalue weighted by molar-refractivity contribution is 9.11. The number of nitrogens with zero attached hydrogens (tertiary/aromatic N) is 2. The third-order valence-corrected chi connectivity index (χ3v) is 5.33. The molecule has 1 N–H and O–H groups in total. The number of hydrogen-bond acceptors (Lipinski definition) is 3. The predicted molar refractivity (Wildman–Crippen MR) is 77.7 cm³/mol. The molecule has 3 rings (SSSR count). The van der Waals surface area contributed by atoms with Crippen molar-refractivity contribution < 1.29 is 9.90 Å². The van der Waals surface area contributed by atoms with E-state index in [1.165, 1.54) is 0 Å². The number of carbonyl (C=O) groups is 1. The van der Waals surface area contributed by atoms with Crippen molar-refractivity contribution in [3.05, 3.63) is 26.9 Å². The molecule has 102 valence electrons. The first-order valence-corrected chi connectivity index (χ1v) is 7.93. The summed E-state index contributed by atoms with van der Waals surface area (Å²) in [6, 6.07) is 2.57. The molecule has 19 heavy (non-hydrogen) atoms. The molecule has 0 aromatic carbocycles. The molecule has 0 aliphatic carbocycles. The second-order valence-corrected chi connectivity index (χ2v) is 7.00. The average molecular weight is 390 g/mol. The van der Waals surface area contributed by atoms with Gasteiger partial charge in [-0.3, -0.25) is 14.7 Å². The number of rotatable bonds is 3. The van der Waals surface area contributed by atoms with Crippen LogP contribution >= 0.6 is 31.9 Å². The lowest BCUT2D eigenvalue weighted by Gasteiger charge is -2.22. The maximum Gasteiger partial charge on any atom is 0.308 e. The standard InChI is InChI=1S/C13H14Br2N2O2/c14-7-3-10(15)11(16-5-7)6-17-8-1-2-12(17)9(4-8)13(18)19/h3,5,8-9,12H,1-2,4,6H2,(H,18,19). The first kappa shape index (κ1) is 13.5. The maximum atomic E-state index is 11.2. The van der Waals surface area contributed by atoms with Crippen LogP contribution in [0.15, 0.2) is 21.2 Å². The number of carboxylic acids is 1. The Morgan fingerprint density at radius 1 is 1.47 bits per heavy atom. The van der Waals surface area contributed by atoms with E-state index in [9.17, 15) is 9.90 Å². The van der Waals surface area contributed by atoms with Gasteiger partial charge in [0.05, 0.1) is 11.6 Å². The fourth-order valence-electron chi connectivity index (χ4n) is 3.35. The Kier molecular flexibility index (Phi) is 3.66. The quantitative estimate of drug-likeness (QED) is 0.863. The fraction of sp³-hybridized carbons (Fsp3) is 0.538. The molecule has 0 radical (unpaired) electrons. The molecule has 3 atom stereocenters. The van der Waals surface area contributed by atoms with E-state index in [1.54, 1.807) is 6.20 Å². The molecule has 6 heteroatoms. The van der Waals surface area contributed by atoms with Gasteiger partial charge in [-0.05, 0) is 57.2 Å². The highest BCUT2D eigenvalue weighted by Gasteiger charge is 2.49. The third kappa shape index (κ3) is 2.45. The molecule has 0 saturated carbocycles. The summed E-state index contributed by atoms with van der Waals surface area (Å²) < 4.78 is 1.91. The predicted octanol–water partition coefficient (Wildman–Crippen LogP) is 3.04. The summed E-state index contributed by atoms with van der Waals surface area (Å²) in [7, 11) is 0. The van der Waals surface area contributed by atoms with E-state index in [1.807, 2.05) is 6.07 Å². The lowest BCUT2D eigenvalue weighted by molar-refractivity contribution is -0.142. The van der Waals surface area contributed by atoms with Crippen LogP contribution in [0.4, 0.5) is 0 Å². The number of pyridine rings is 1. The minimum Gasteiger partial charge on any atom is -0.481 e. The SMILES string of the molecule is O=C(O)C1CC2CCC1N2Cc1ncc(Br)cc1Br. The third-order valence-electron chi connectivity index (χ3n) is 4.21. The first-order valence-electron chi connectivity index (χ1n) is 6.34. The number of hydrogen-bond donors (Lipinski definition) is 1. The fourth-order valence-corrected chi connectivity index (χ4v) is 4.46. The van der Waals surface area contributed by atoms with E-state index in [0.29, 0.717) is 6.04 Å². The summed E-state index contributed by atoms with van der Waals surface area (Å²) in [5.74, 6) is -0.854. The van der Waals surface area contributed by atoms with Crippen LogP contribution in [0.25, 0.3) is 0 Å². The van der Waals surface area contributed by atoms with Gasteiger partial charge in [0.25, 0.3) is 0 Å². The molecule has 2 aliphatic heterocycles. The number of aliphatic carboxylic acids is 1. The van der Waals surface area contributed by atoms with Crippen LogP contribution in [0.1, 0.15) is 25.0 Å². The Morgan fingerprint density at radius 3 is 2.89 bits per heavy atom. The monoisotopic (exact) mass is 388 g/mol. The Balaban J connectivity index is 1.79. The van der Waals surface area contributed by atoms with Crippen molar-refractivity contribution in [1.82, 2.24) is 9.88 Å². The molecule has 2 bridgehead atoms. The van der Waals surface area contributed by atoms with Crippen LogP contribution in [0.5, 0.6) is 0 Å². The van der Waals surface area contributed by atoms with Gasteiger partial charge in [-0.2, -0.15) is 0 Å². The number of fused-ring (bicyclic) bond motifs is 2. The van der Waals surface area contributed by atoms with Crippen molar-refractivity contribution in [1.29, 1.82) is 0 Å². The van der Waals surface area contributed by atoms with E-state index in [4.69, 9.17) is 0 Å². The summed E-state index contributed by atoms with van der Waals surface area (Å²) in [6.07, 6.45) is 4.68. The van der Waals surface area contributed by atoms with Gasteiger partial charge in [0.1, 0.15) is 0 Å². The van der Waals surface area contributed by atoms with Crippen molar-refractivity contribution in [2.24, 2.45) is 5.92 Å². The summed E-state index contributed by atoms with van der Waals surface area (Å²) in [5.41, 5.74) is 0.978. The Morgan fingerprint density at radius 2 is 2.26 bits per heavy atom. The zero-order valence-corrected chi connectivity index (χ0v) is 13.4. The van der Waals surface area contributed by atoms with Gasteiger partial charge >= 0.3 is 5.97 Å². The van der Waals surface area contributed by atoms with Gasteiger partial charge in [0.15, 0.2) is 0 Å². The van der Waals surface area contributed by atoms with Crippen LogP contribution in [0.3, 0.4) is 0 Å². The normalized spacial score (nSPS) is 29.9. The molecule has 2 fully saturated rings. The lowest BCUT2D eigenvalue weighted by atomic mass is 9.89. The highest BCUT2D eigenvalue weighted by Crippen LogP contribution is 2.42. The lowest BCUT2D eigenvalue weighted by Crippen LogP contribution is -2.32. The van der Waals surface area contributed by atoms with Crippen molar-refractivity contribution in [2.75, 3.05) is 0 Å². The summed E-state index contributed by atoms with van der Waals surface area (Å²) in [5, 5.41) is 9.25. The van der Waals surface area contributed by atoms with Crippen LogP contribution in [-0.4, -0.2) is 33.0 Å². The largest absolute Gasteiger partial charge is 0.481 e. The zero-order valence-electron chi connectivity index (χ0n) is 10.2. The molecule has 3 unspecified atom stereocenters. The van der Waals surface area contributed by atoms with Crippen molar-refractivity contribution in [3.8, 4) is 0 Å². The molecule has 2 aliphatic rings. The second-order valence-electron chi connectivity index (χ2n) is 5.23. The molecule has 1 aromatic rings. The Hall–Kier alpha value is -0.460. The first-order chi connectivity index (χ1) is 9.06. The topological polar surface area (TPSA) is 53.4 Å². The van der Waals surface area contributed by atoms with E-state index < -0.39 is 5.97 Å². The van der Waals surface area contributed by atoms with E-state index >= 15 is 0 Å². The smallest absolute Gasteiger partial charge is 0.308 e. The maximum absolute atomic E-state index is 11.2. The zero-order chi connectivity index (χ0) is 13.6. The highest BCUT2D eigenvalue weighted by atomic mass is 79.9. The second kappa shape index (κ2) is 5.14. The number of aromatic nitrogens is 1. The molecule has 3 heterocycles. The van der Waals surface area contributed by atoms with Gasteiger partial charge in [0.2, 0.25) is 0 Å². The molecule has 4 nitrogen and oxygen atoms in total. The van der Waals surface area contributed by atoms with Crippen LogP contribution in [0, 0.1) is 5.92 Å². The number of carboxylic acid groups (broad SMARTS) is 1. The number of halogens is 2. The van der Waals surface area contributed by atoms with Gasteiger partial charge in [-0.25, -0.2) is 0 Å². The van der Waals surface area contributed by atoms with Crippen LogP contribution in [0.2, 0.25) is 0 Å². The summed E-state index contributed by atoms with van der Waals surface area (Å²) in [4.78, 5) is 18.0. The van der Waals surface area contributed by atoms with Crippen LogP contribution in [-0.2, 0) is 11.3 Å². The molecule has 1 aromatic heterocycles. The van der Waals surface area contributed by atoms with Gasteiger partial charge in [-0.15, -0.1) is 0 Å². The summed E-state index contributed by atoms with van der Waals surface area (Å²) in [6.45, 7) is 0.729. The van der Waals surface area contributed by atoms with Gasteiger partial charge in [0, 0.05) is 33.8 Å². The Bertz CT molecular complexity index is 523. The molecular formula is C13H14Br2N2O2. The van der Waals surface area contributed by atoms with E-state index in [-0.39, 0.29) is 12.0 Å². The minimum absolute atomic E-state index is 0.180. The Labute approximate surface area is 128 Å². The van der Waals surface area contributed by atoms with Crippen molar-refractivity contribution >= 4 is 37.8 Å². The summed E-state index contributed by atoms with van der Waals surface area (Å²) >= 11 is 6.91. The average Bonchev–Trinajstić information content (AvgIpc) is 2.90. The molecule has 0 amide bonds. The van der Waals surface area contributed by atoms with Gasteiger partial charge in [-0.1, -0.05) is 0 Å². The van der Waals surface area contributed by atoms with Crippen molar-refractivity contribution in [3.63, 3.8) is 0 Å².